The number of aromatic hydroxyl groups is 1. The molecule has 0 aliphatic rings. The molecule has 1 nitrogen and oxygen atoms in total. The normalized spacial score (nSPS) is 12.5. The number of hydrogen-bond acceptors (Lipinski definition) is 1. The molecule has 2 aromatic rings. The lowest BCUT2D eigenvalue weighted by Crippen LogP contribution is -2.19. The lowest BCUT2D eigenvalue weighted by molar-refractivity contribution is 0.457. The second-order valence-electron chi connectivity index (χ2n) is 7.57. The molecule has 0 saturated carbocycles. The van der Waals surface area contributed by atoms with E-state index in [-0.39, 0.29) is 13.1 Å². The maximum atomic E-state index is 10.6. The summed E-state index contributed by atoms with van der Waals surface area (Å²) in [7, 11) is 0.683. The first kappa shape index (κ1) is 19.4. The van der Waals surface area contributed by atoms with E-state index < -0.39 is 0 Å². The molecule has 0 aliphatic heterocycles. The fourth-order valence-electron chi connectivity index (χ4n) is 3.20. The molecule has 1 atom stereocenters. The van der Waals surface area contributed by atoms with E-state index in [9.17, 15) is 5.11 Å². The Morgan fingerprint density at radius 2 is 1.71 bits per heavy atom. The minimum atomic E-state index is -0.0774. The standard InChI is InChI=1S/C21H30OP2/c1-14-11-16(3)19(22)18(12-14)21(4,5)23-20-15(2)9-8-10-17(20)13-24(6)7/h8-12,22-23H,13H2,1-7H3. The molecule has 24 heavy (non-hydrogen) atoms. The van der Waals surface area contributed by atoms with Crippen LogP contribution >= 0.6 is 16.5 Å². The highest BCUT2D eigenvalue weighted by atomic mass is 31.1. The predicted octanol–water partition coefficient (Wildman–Crippen LogP) is 5.80. The summed E-state index contributed by atoms with van der Waals surface area (Å²) < 4.78 is 0. The molecular formula is C21H30OP2. The van der Waals surface area contributed by atoms with Crippen LogP contribution in [-0.4, -0.2) is 18.4 Å². The van der Waals surface area contributed by atoms with E-state index in [0.717, 1.165) is 11.1 Å². The Morgan fingerprint density at radius 1 is 1.04 bits per heavy atom. The van der Waals surface area contributed by atoms with Gasteiger partial charge in [-0.25, -0.2) is 0 Å². The number of aryl methyl sites for hydroxylation is 3. The van der Waals surface area contributed by atoms with Gasteiger partial charge in [-0.15, -0.1) is 7.92 Å². The Morgan fingerprint density at radius 3 is 2.33 bits per heavy atom. The van der Waals surface area contributed by atoms with Crippen molar-refractivity contribution in [3.63, 3.8) is 0 Å². The molecule has 0 saturated heterocycles. The second-order valence-corrected chi connectivity index (χ2v) is 12.1. The van der Waals surface area contributed by atoms with Gasteiger partial charge in [0.15, 0.2) is 0 Å². The number of hydrogen-bond donors (Lipinski definition) is 1. The van der Waals surface area contributed by atoms with E-state index in [4.69, 9.17) is 0 Å². The first-order valence-electron chi connectivity index (χ1n) is 8.44. The van der Waals surface area contributed by atoms with Crippen LogP contribution in [0.4, 0.5) is 0 Å². The third kappa shape index (κ3) is 4.38. The molecule has 1 N–H and O–H groups in total. The molecule has 2 aromatic carbocycles. The van der Waals surface area contributed by atoms with Crippen molar-refractivity contribution in [2.75, 3.05) is 13.3 Å². The van der Waals surface area contributed by atoms with Gasteiger partial charge in [0.25, 0.3) is 0 Å². The van der Waals surface area contributed by atoms with E-state index >= 15 is 0 Å². The highest BCUT2D eigenvalue weighted by Gasteiger charge is 2.27. The molecule has 0 radical (unpaired) electrons. The van der Waals surface area contributed by atoms with Gasteiger partial charge in [0.2, 0.25) is 0 Å². The van der Waals surface area contributed by atoms with Crippen LogP contribution < -0.4 is 5.30 Å². The van der Waals surface area contributed by atoms with Crippen molar-refractivity contribution in [2.45, 2.75) is 45.9 Å². The van der Waals surface area contributed by atoms with Gasteiger partial charge in [-0.05, 0) is 62.3 Å². The molecule has 0 fully saturated rings. The third-order valence-corrected chi connectivity index (χ3v) is 7.23. The highest BCUT2D eigenvalue weighted by molar-refractivity contribution is 7.55. The minimum Gasteiger partial charge on any atom is -0.507 e. The molecule has 0 aromatic heterocycles. The molecule has 130 valence electrons. The highest BCUT2D eigenvalue weighted by Crippen LogP contribution is 2.47. The molecule has 1 unspecified atom stereocenters. The van der Waals surface area contributed by atoms with E-state index in [0.29, 0.717) is 14.3 Å². The van der Waals surface area contributed by atoms with Crippen LogP contribution in [0, 0.1) is 20.8 Å². The van der Waals surface area contributed by atoms with Gasteiger partial charge < -0.3 is 5.11 Å². The first-order chi connectivity index (χ1) is 11.1. The predicted molar refractivity (Wildman–Crippen MR) is 112 cm³/mol. The van der Waals surface area contributed by atoms with Crippen LogP contribution in [0.1, 0.15) is 41.7 Å². The number of phenolic OH excluding ortho intramolecular Hbond substituents is 1. The summed E-state index contributed by atoms with van der Waals surface area (Å²) in [5.41, 5.74) is 6.12. The largest absolute Gasteiger partial charge is 0.507 e. The molecule has 0 aliphatic carbocycles. The van der Waals surface area contributed by atoms with Crippen LogP contribution in [0.25, 0.3) is 0 Å². The van der Waals surface area contributed by atoms with Gasteiger partial charge in [-0.2, -0.15) is 0 Å². The van der Waals surface area contributed by atoms with Crippen molar-refractivity contribution >= 4 is 21.8 Å². The Hall–Kier alpha value is -0.900. The zero-order valence-electron chi connectivity index (χ0n) is 16.0. The van der Waals surface area contributed by atoms with Gasteiger partial charge in [0.05, 0.1) is 0 Å². The van der Waals surface area contributed by atoms with Crippen LogP contribution in [0.5, 0.6) is 5.75 Å². The Balaban J connectivity index is 2.47. The summed E-state index contributed by atoms with van der Waals surface area (Å²) >= 11 is 0. The van der Waals surface area contributed by atoms with Crippen molar-refractivity contribution in [2.24, 2.45) is 0 Å². The third-order valence-electron chi connectivity index (χ3n) is 4.40. The Bertz CT molecular complexity index is 733. The topological polar surface area (TPSA) is 20.2 Å². The molecule has 3 heteroatoms. The zero-order valence-corrected chi connectivity index (χ0v) is 17.9. The van der Waals surface area contributed by atoms with E-state index in [1.165, 1.54) is 28.2 Å². The average molecular weight is 360 g/mol. The van der Waals surface area contributed by atoms with E-state index in [1.807, 2.05) is 6.92 Å². The second kappa shape index (κ2) is 7.55. The van der Waals surface area contributed by atoms with E-state index in [1.54, 1.807) is 0 Å². The number of phenols is 1. The molecule has 0 amide bonds. The zero-order chi connectivity index (χ0) is 18.1. The lowest BCUT2D eigenvalue weighted by atomic mass is 9.96. The smallest absolute Gasteiger partial charge is 0.122 e. The van der Waals surface area contributed by atoms with Crippen molar-refractivity contribution in [3.8, 4) is 5.75 Å². The van der Waals surface area contributed by atoms with Gasteiger partial charge in [0.1, 0.15) is 5.75 Å². The van der Waals surface area contributed by atoms with Gasteiger partial charge in [0, 0.05) is 10.7 Å². The molecule has 0 spiro atoms. The summed E-state index contributed by atoms with van der Waals surface area (Å²) in [6, 6.07) is 10.9. The van der Waals surface area contributed by atoms with Gasteiger partial charge in [-0.3, -0.25) is 0 Å². The molecule has 2 rings (SSSR count). The maximum absolute atomic E-state index is 10.6. The Kier molecular flexibility index (Phi) is 6.11. The van der Waals surface area contributed by atoms with Gasteiger partial charge in [-0.1, -0.05) is 58.3 Å². The van der Waals surface area contributed by atoms with Crippen molar-refractivity contribution in [1.82, 2.24) is 0 Å². The van der Waals surface area contributed by atoms with E-state index in [2.05, 4.69) is 71.4 Å². The summed E-state index contributed by atoms with van der Waals surface area (Å²) in [5.74, 6) is 0.460. The fraction of sp³-hybridized carbons (Fsp3) is 0.429. The van der Waals surface area contributed by atoms with Crippen LogP contribution in [0.3, 0.4) is 0 Å². The molecule has 0 bridgehead atoms. The molecular weight excluding hydrogens is 330 g/mol. The van der Waals surface area contributed by atoms with Crippen molar-refractivity contribution in [1.29, 1.82) is 0 Å². The summed E-state index contributed by atoms with van der Waals surface area (Å²) in [6.07, 6.45) is 1.17. The van der Waals surface area contributed by atoms with Crippen LogP contribution in [-0.2, 0) is 11.3 Å². The van der Waals surface area contributed by atoms with Crippen LogP contribution in [0.2, 0.25) is 0 Å². The first-order valence-corrected chi connectivity index (χ1v) is 11.9. The van der Waals surface area contributed by atoms with Crippen LogP contribution in [0.15, 0.2) is 30.3 Å². The summed E-state index contributed by atoms with van der Waals surface area (Å²) in [6.45, 7) is 15.5. The number of benzene rings is 2. The monoisotopic (exact) mass is 360 g/mol. The maximum Gasteiger partial charge on any atom is 0.122 e. The summed E-state index contributed by atoms with van der Waals surface area (Å²) in [4.78, 5) is 0. The van der Waals surface area contributed by atoms with Gasteiger partial charge >= 0.3 is 0 Å². The SMILES string of the molecule is Cc1cc(C)c(O)c(C(C)(C)Pc2c(C)cccc2CP(C)C)c1. The van der Waals surface area contributed by atoms with Crippen molar-refractivity contribution < 1.29 is 5.11 Å². The number of rotatable bonds is 5. The lowest BCUT2D eigenvalue weighted by Gasteiger charge is -2.29. The average Bonchev–Trinajstić information content (AvgIpc) is 2.46. The quantitative estimate of drug-likeness (QED) is 0.668. The minimum absolute atomic E-state index is 0.0374. The summed E-state index contributed by atoms with van der Waals surface area (Å²) in [5, 5.41) is 12.0. The molecule has 0 heterocycles. The van der Waals surface area contributed by atoms with Crippen molar-refractivity contribution in [3.05, 3.63) is 58.1 Å². The fourth-order valence-corrected chi connectivity index (χ4v) is 5.85. The Labute approximate surface area is 150 Å².